The molecular formula is C16H19NO2. The van der Waals surface area contributed by atoms with Gasteiger partial charge in [0.1, 0.15) is 0 Å². The van der Waals surface area contributed by atoms with Crippen molar-refractivity contribution in [1.29, 1.82) is 0 Å². The number of imide groups is 1. The van der Waals surface area contributed by atoms with Crippen molar-refractivity contribution in [1.82, 2.24) is 5.32 Å². The highest BCUT2D eigenvalue weighted by Crippen LogP contribution is 2.43. The Labute approximate surface area is 113 Å². The largest absolute Gasteiger partial charge is 0.296 e. The van der Waals surface area contributed by atoms with Gasteiger partial charge in [-0.1, -0.05) is 43.2 Å². The summed E-state index contributed by atoms with van der Waals surface area (Å²) in [4.78, 5) is 23.3. The van der Waals surface area contributed by atoms with E-state index in [1.165, 1.54) is 18.4 Å². The zero-order valence-corrected chi connectivity index (χ0v) is 11.0. The molecule has 0 bridgehead atoms. The standard InChI is InChI=1S/C16H19NO2/c18-15-10-14(16(19)17-15)13-9-5-4-8-12(13)11-6-2-1-3-7-11/h1-3,6-7,12-14H,4-5,8-10H2,(H,17,18,19). The molecule has 3 unspecified atom stereocenters. The fraction of sp³-hybridized carbons (Fsp3) is 0.500. The van der Waals surface area contributed by atoms with Crippen LogP contribution < -0.4 is 5.32 Å². The summed E-state index contributed by atoms with van der Waals surface area (Å²) in [6.45, 7) is 0. The number of rotatable bonds is 2. The first-order valence-corrected chi connectivity index (χ1v) is 7.14. The van der Waals surface area contributed by atoms with Gasteiger partial charge in [0.15, 0.2) is 0 Å². The Morgan fingerprint density at radius 2 is 1.68 bits per heavy atom. The molecule has 1 saturated carbocycles. The van der Waals surface area contributed by atoms with Crippen molar-refractivity contribution in [3.05, 3.63) is 35.9 Å². The third-order valence-electron chi connectivity index (χ3n) is 4.57. The molecule has 0 aromatic heterocycles. The van der Waals surface area contributed by atoms with Gasteiger partial charge < -0.3 is 0 Å². The molecule has 3 atom stereocenters. The van der Waals surface area contributed by atoms with E-state index in [4.69, 9.17) is 0 Å². The summed E-state index contributed by atoms with van der Waals surface area (Å²) in [6.07, 6.45) is 4.97. The van der Waals surface area contributed by atoms with Gasteiger partial charge in [-0.3, -0.25) is 14.9 Å². The van der Waals surface area contributed by atoms with Crippen LogP contribution in [-0.4, -0.2) is 11.8 Å². The van der Waals surface area contributed by atoms with Crippen LogP contribution in [0.5, 0.6) is 0 Å². The lowest BCUT2D eigenvalue weighted by molar-refractivity contribution is -0.126. The van der Waals surface area contributed by atoms with Crippen molar-refractivity contribution in [2.45, 2.75) is 38.0 Å². The first kappa shape index (κ1) is 12.4. The number of carbonyl (C=O) groups excluding carboxylic acids is 2. The van der Waals surface area contributed by atoms with E-state index < -0.39 is 0 Å². The van der Waals surface area contributed by atoms with Crippen molar-refractivity contribution >= 4 is 11.8 Å². The van der Waals surface area contributed by atoms with Crippen molar-refractivity contribution < 1.29 is 9.59 Å². The molecule has 1 aliphatic carbocycles. The van der Waals surface area contributed by atoms with Crippen LogP contribution in [-0.2, 0) is 9.59 Å². The Bertz CT molecular complexity index is 483. The molecule has 1 aliphatic heterocycles. The molecule has 1 aromatic rings. The third-order valence-corrected chi connectivity index (χ3v) is 4.57. The maximum Gasteiger partial charge on any atom is 0.230 e. The first-order valence-electron chi connectivity index (χ1n) is 7.14. The van der Waals surface area contributed by atoms with Crippen LogP contribution in [0.2, 0.25) is 0 Å². The Morgan fingerprint density at radius 1 is 0.947 bits per heavy atom. The molecule has 3 nitrogen and oxygen atoms in total. The maximum absolute atomic E-state index is 11.9. The second kappa shape index (κ2) is 5.16. The lowest BCUT2D eigenvalue weighted by Gasteiger charge is -2.34. The number of amides is 2. The molecule has 0 radical (unpaired) electrons. The second-order valence-corrected chi connectivity index (χ2v) is 5.69. The van der Waals surface area contributed by atoms with E-state index in [1.54, 1.807) is 0 Å². The van der Waals surface area contributed by atoms with Crippen LogP contribution in [0.1, 0.15) is 43.6 Å². The zero-order chi connectivity index (χ0) is 13.2. The minimum absolute atomic E-state index is 0.0576. The lowest BCUT2D eigenvalue weighted by atomic mass is 9.69. The van der Waals surface area contributed by atoms with E-state index in [-0.39, 0.29) is 17.7 Å². The number of nitrogens with one attached hydrogen (secondary N) is 1. The van der Waals surface area contributed by atoms with E-state index in [2.05, 4.69) is 29.6 Å². The summed E-state index contributed by atoms with van der Waals surface area (Å²) in [5, 5.41) is 2.46. The molecule has 1 heterocycles. The molecule has 100 valence electrons. The minimum atomic E-state index is -0.113. The van der Waals surface area contributed by atoms with Gasteiger partial charge in [0, 0.05) is 6.42 Å². The molecule has 3 rings (SSSR count). The summed E-state index contributed by atoms with van der Waals surface area (Å²) < 4.78 is 0. The van der Waals surface area contributed by atoms with E-state index in [1.807, 2.05) is 6.07 Å². The van der Waals surface area contributed by atoms with Crippen LogP contribution in [0, 0.1) is 11.8 Å². The molecule has 0 spiro atoms. The van der Waals surface area contributed by atoms with Crippen LogP contribution in [0.3, 0.4) is 0 Å². The predicted molar refractivity (Wildman–Crippen MR) is 72.4 cm³/mol. The predicted octanol–water partition coefficient (Wildman–Crippen LogP) is 2.62. The normalized spacial score (nSPS) is 31.3. The zero-order valence-electron chi connectivity index (χ0n) is 11.0. The van der Waals surface area contributed by atoms with Gasteiger partial charge in [-0.25, -0.2) is 0 Å². The number of carbonyl (C=O) groups is 2. The summed E-state index contributed by atoms with van der Waals surface area (Å²) in [6, 6.07) is 10.4. The van der Waals surface area contributed by atoms with Crippen LogP contribution in [0.15, 0.2) is 30.3 Å². The van der Waals surface area contributed by atoms with Gasteiger partial charge in [-0.2, -0.15) is 0 Å². The Morgan fingerprint density at radius 3 is 2.37 bits per heavy atom. The van der Waals surface area contributed by atoms with Crippen molar-refractivity contribution in [3.63, 3.8) is 0 Å². The summed E-state index contributed by atoms with van der Waals surface area (Å²) in [7, 11) is 0. The monoisotopic (exact) mass is 257 g/mol. The molecule has 1 aromatic carbocycles. The topological polar surface area (TPSA) is 46.2 Å². The Hall–Kier alpha value is -1.64. The summed E-state index contributed by atoms with van der Waals surface area (Å²) >= 11 is 0. The summed E-state index contributed by atoms with van der Waals surface area (Å²) in [5.41, 5.74) is 1.32. The first-order chi connectivity index (χ1) is 9.25. The smallest absolute Gasteiger partial charge is 0.230 e. The second-order valence-electron chi connectivity index (χ2n) is 5.69. The third kappa shape index (κ3) is 2.42. The van der Waals surface area contributed by atoms with Crippen LogP contribution in [0.25, 0.3) is 0 Å². The molecule has 2 fully saturated rings. The lowest BCUT2D eigenvalue weighted by Crippen LogP contribution is -2.31. The number of benzene rings is 1. The minimum Gasteiger partial charge on any atom is -0.296 e. The fourth-order valence-electron chi connectivity index (χ4n) is 3.67. The van der Waals surface area contributed by atoms with Crippen molar-refractivity contribution in [3.8, 4) is 0 Å². The van der Waals surface area contributed by atoms with E-state index in [0.29, 0.717) is 18.3 Å². The average molecular weight is 257 g/mol. The number of hydrogen-bond acceptors (Lipinski definition) is 2. The summed E-state index contributed by atoms with van der Waals surface area (Å²) in [5.74, 6) is 0.474. The van der Waals surface area contributed by atoms with Crippen LogP contribution in [0.4, 0.5) is 0 Å². The van der Waals surface area contributed by atoms with Gasteiger partial charge in [0.05, 0.1) is 5.92 Å². The van der Waals surface area contributed by atoms with Gasteiger partial charge in [0.25, 0.3) is 0 Å². The Kier molecular flexibility index (Phi) is 3.36. The van der Waals surface area contributed by atoms with E-state index in [9.17, 15) is 9.59 Å². The highest BCUT2D eigenvalue weighted by Gasteiger charge is 2.41. The van der Waals surface area contributed by atoms with E-state index in [0.717, 1.165) is 12.8 Å². The fourth-order valence-corrected chi connectivity index (χ4v) is 3.67. The molecule has 2 aliphatic rings. The maximum atomic E-state index is 11.9. The quantitative estimate of drug-likeness (QED) is 0.828. The van der Waals surface area contributed by atoms with Gasteiger partial charge in [-0.05, 0) is 30.2 Å². The molecule has 1 N–H and O–H groups in total. The average Bonchev–Trinajstić information content (AvgIpc) is 2.79. The van der Waals surface area contributed by atoms with Crippen LogP contribution >= 0.6 is 0 Å². The van der Waals surface area contributed by atoms with E-state index >= 15 is 0 Å². The molecule has 19 heavy (non-hydrogen) atoms. The SMILES string of the molecule is O=C1CC(C2CCCCC2c2ccccc2)C(=O)N1. The molecule has 3 heteroatoms. The Balaban J connectivity index is 1.85. The van der Waals surface area contributed by atoms with Gasteiger partial charge >= 0.3 is 0 Å². The van der Waals surface area contributed by atoms with Crippen molar-refractivity contribution in [2.75, 3.05) is 0 Å². The van der Waals surface area contributed by atoms with Crippen molar-refractivity contribution in [2.24, 2.45) is 11.8 Å². The number of hydrogen-bond donors (Lipinski definition) is 1. The molecular weight excluding hydrogens is 238 g/mol. The van der Waals surface area contributed by atoms with Gasteiger partial charge in [0.2, 0.25) is 11.8 Å². The van der Waals surface area contributed by atoms with Gasteiger partial charge in [-0.15, -0.1) is 0 Å². The highest BCUT2D eigenvalue weighted by molar-refractivity contribution is 6.03. The highest BCUT2D eigenvalue weighted by atomic mass is 16.2. The molecule has 1 saturated heterocycles. The molecule has 2 amide bonds.